The summed E-state index contributed by atoms with van der Waals surface area (Å²) >= 11 is 5.67. The van der Waals surface area contributed by atoms with Gasteiger partial charge in [0.2, 0.25) is 0 Å². The van der Waals surface area contributed by atoms with E-state index in [-0.39, 0.29) is 11.9 Å². The predicted octanol–water partition coefficient (Wildman–Crippen LogP) is 4.31. The van der Waals surface area contributed by atoms with Crippen molar-refractivity contribution in [2.75, 3.05) is 6.54 Å². The molecule has 1 amide bonds. The lowest BCUT2D eigenvalue weighted by atomic mass is 10.1. The van der Waals surface area contributed by atoms with E-state index in [0.29, 0.717) is 0 Å². The van der Waals surface area contributed by atoms with Gasteiger partial charge in [0.05, 0.1) is 5.56 Å². The van der Waals surface area contributed by atoms with Crippen LogP contribution in [0.3, 0.4) is 0 Å². The van der Waals surface area contributed by atoms with Crippen molar-refractivity contribution in [1.29, 1.82) is 0 Å². The Kier molecular flexibility index (Phi) is 4.69. The van der Waals surface area contributed by atoms with Gasteiger partial charge in [0.15, 0.2) is 0 Å². The molecule has 2 rings (SSSR count). The van der Waals surface area contributed by atoms with E-state index in [0.717, 1.165) is 26.1 Å². The van der Waals surface area contributed by atoms with Crippen molar-refractivity contribution < 1.29 is 4.79 Å². The van der Waals surface area contributed by atoms with Crippen LogP contribution in [0.4, 0.5) is 0 Å². The number of carbonyl (C=O) groups excluding carboxylic acids is 1. The molecule has 0 bridgehead atoms. The lowest BCUT2D eigenvalue weighted by molar-refractivity contribution is 0.0695. The maximum Gasteiger partial charge on any atom is 0.255 e. The first-order chi connectivity index (χ1) is 8.49. The molecule has 0 aliphatic heterocycles. The number of hydrogen-bond acceptors (Lipinski definition) is 1. The second kappa shape index (κ2) is 5.90. The largest absolute Gasteiger partial charge is 0.336 e. The van der Waals surface area contributed by atoms with Gasteiger partial charge in [-0.05, 0) is 73.4 Å². The van der Waals surface area contributed by atoms with Crippen LogP contribution in [0.15, 0.2) is 22.7 Å². The number of amides is 1. The Bertz CT molecular complexity index is 457. The molecule has 2 nitrogen and oxygen atoms in total. The minimum absolute atomic E-state index is 0.155. The van der Waals surface area contributed by atoms with Crippen LogP contribution in [-0.2, 0) is 0 Å². The molecule has 1 aliphatic carbocycles. The highest BCUT2D eigenvalue weighted by Gasteiger charge is 2.29. The molecular weight excluding hydrogens is 405 g/mol. The molecule has 0 N–H and O–H groups in total. The van der Waals surface area contributed by atoms with Crippen LogP contribution < -0.4 is 0 Å². The summed E-state index contributed by atoms with van der Waals surface area (Å²) in [4.78, 5) is 14.6. The van der Waals surface area contributed by atoms with Crippen molar-refractivity contribution in [1.82, 2.24) is 4.90 Å². The molecule has 1 aromatic rings. The van der Waals surface area contributed by atoms with Gasteiger partial charge in [-0.25, -0.2) is 0 Å². The lowest BCUT2D eigenvalue weighted by Gasteiger charge is -2.27. The average Bonchev–Trinajstić information content (AvgIpc) is 3.12. The van der Waals surface area contributed by atoms with Crippen LogP contribution in [0.1, 0.15) is 37.0 Å². The summed E-state index contributed by atoms with van der Waals surface area (Å²) in [6, 6.07) is 6.13. The van der Waals surface area contributed by atoms with Crippen molar-refractivity contribution in [3.8, 4) is 0 Å². The third-order valence-electron chi connectivity index (χ3n) is 3.19. The molecule has 0 heterocycles. The molecule has 0 saturated heterocycles. The number of nitrogens with zero attached hydrogens (tertiary/aromatic N) is 1. The van der Waals surface area contributed by atoms with Crippen molar-refractivity contribution >= 4 is 44.4 Å². The summed E-state index contributed by atoms with van der Waals surface area (Å²) in [5.41, 5.74) is 0.805. The summed E-state index contributed by atoms with van der Waals surface area (Å²) in [6.45, 7) is 5.08. The van der Waals surface area contributed by atoms with E-state index in [9.17, 15) is 4.79 Å². The summed E-state index contributed by atoms with van der Waals surface area (Å²) in [7, 11) is 0. The topological polar surface area (TPSA) is 20.3 Å². The standard InChI is InChI=1S/C14H17BrINO/c1-9(2)17(8-10-3-4-10)14(18)12-7-11(15)5-6-13(12)16/h5-7,9-10H,3-4,8H2,1-2H3. The van der Waals surface area contributed by atoms with Crippen molar-refractivity contribution in [2.45, 2.75) is 32.7 Å². The fraction of sp³-hybridized carbons (Fsp3) is 0.500. The SMILES string of the molecule is CC(C)N(CC1CC1)C(=O)c1cc(Br)ccc1I. The van der Waals surface area contributed by atoms with Gasteiger partial charge in [-0.2, -0.15) is 0 Å². The van der Waals surface area contributed by atoms with E-state index < -0.39 is 0 Å². The van der Waals surface area contributed by atoms with Gasteiger partial charge < -0.3 is 4.90 Å². The number of carbonyl (C=O) groups is 1. The van der Waals surface area contributed by atoms with E-state index in [1.807, 2.05) is 23.1 Å². The third kappa shape index (κ3) is 3.47. The molecule has 0 spiro atoms. The molecule has 1 fully saturated rings. The number of benzene rings is 1. The van der Waals surface area contributed by atoms with Gasteiger partial charge >= 0.3 is 0 Å². The Morgan fingerprint density at radius 3 is 2.72 bits per heavy atom. The van der Waals surface area contributed by atoms with Crippen LogP contribution in [0.25, 0.3) is 0 Å². The maximum absolute atomic E-state index is 12.6. The van der Waals surface area contributed by atoms with Gasteiger partial charge in [-0.1, -0.05) is 15.9 Å². The first-order valence-electron chi connectivity index (χ1n) is 6.25. The Hall–Kier alpha value is -0.100. The lowest BCUT2D eigenvalue weighted by Crippen LogP contribution is -2.38. The quantitative estimate of drug-likeness (QED) is 0.663. The highest BCUT2D eigenvalue weighted by molar-refractivity contribution is 14.1. The van der Waals surface area contributed by atoms with Crippen LogP contribution in [0, 0.1) is 9.49 Å². The summed E-state index contributed by atoms with van der Waals surface area (Å²) in [5.74, 6) is 0.878. The molecule has 1 aromatic carbocycles. The summed E-state index contributed by atoms with van der Waals surface area (Å²) in [6.07, 6.45) is 2.54. The van der Waals surface area contributed by atoms with Gasteiger partial charge in [0.1, 0.15) is 0 Å². The molecular formula is C14H17BrINO. The normalized spacial score (nSPS) is 14.9. The minimum atomic E-state index is 0.155. The first-order valence-corrected chi connectivity index (χ1v) is 8.12. The number of hydrogen-bond donors (Lipinski definition) is 0. The van der Waals surface area contributed by atoms with Crippen molar-refractivity contribution in [3.63, 3.8) is 0 Å². The first kappa shape index (κ1) is 14.3. The van der Waals surface area contributed by atoms with Crippen molar-refractivity contribution in [3.05, 3.63) is 31.8 Å². The Morgan fingerprint density at radius 1 is 1.50 bits per heavy atom. The van der Waals surface area contributed by atoms with Gasteiger partial charge in [-0.3, -0.25) is 4.79 Å². The van der Waals surface area contributed by atoms with E-state index in [4.69, 9.17) is 0 Å². The van der Waals surface area contributed by atoms with Gasteiger partial charge in [-0.15, -0.1) is 0 Å². The van der Waals surface area contributed by atoms with Gasteiger partial charge in [0.25, 0.3) is 5.91 Å². The molecule has 98 valence electrons. The number of halogens is 2. The fourth-order valence-electron chi connectivity index (χ4n) is 1.92. The van der Waals surface area contributed by atoms with E-state index in [1.54, 1.807) is 0 Å². The summed E-state index contributed by atoms with van der Waals surface area (Å²) < 4.78 is 1.98. The summed E-state index contributed by atoms with van der Waals surface area (Å²) in [5, 5.41) is 0. The zero-order chi connectivity index (χ0) is 13.3. The van der Waals surface area contributed by atoms with E-state index in [1.165, 1.54) is 12.8 Å². The molecule has 0 radical (unpaired) electrons. The Balaban J connectivity index is 2.23. The molecule has 1 aliphatic rings. The molecule has 0 unspecified atom stereocenters. The van der Waals surface area contributed by atoms with E-state index >= 15 is 0 Å². The van der Waals surface area contributed by atoms with Crippen LogP contribution >= 0.6 is 38.5 Å². The van der Waals surface area contributed by atoms with E-state index in [2.05, 4.69) is 52.4 Å². The molecule has 0 atom stereocenters. The Labute approximate surface area is 130 Å². The highest BCUT2D eigenvalue weighted by Crippen LogP contribution is 2.31. The fourth-order valence-corrected chi connectivity index (χ4v) is 2.85. The zero-order valence-electron chi connectivity index (χ0n) is 10.6. The minimum Gasteiger partial charge on any atom is -0.336 e. The molecule has 18 heavy (non-hydrogen) atoms. The third-order valence-corrected chi connectivity index (χ3v) is 4.63. The average molecular weight is 422 g/mol. The van der Waals surface area contributed by atoms with Crippen LogP contribution in [0.2, 0.25) is 0 Å². The highest BCUT2D eigenvalue weighted by atomic mass is 127. The predicted molar refractivity (Wildman–Crippen MR) is 85.8 cm³/mol. The van der Waals surface area contributed by atoms with Crippen molar-refractivity contribution in [2.24, 2.45) is 5.92 Å². The Morgan fingerprint density at radius 2 is 2.17 bits per heavy atom. The smallest absolute Gasteiger partial charge is 0.255 e. The molecule has 0 aromatic heterocycles. The van der Waals surface area contributed by atoms with Crippen LogP contribution in [0.5, 0.6) is 0 Å². The second-order valence-corrected chi connectivity index (χ2v) is 7.20. The zero-order valence-corrected chi connectivity index (χ0v) is 14.4. The maximum atomic E-state index is 12.6. The molecule has 4 heteroatoms. The number of rotatable bonds is 4. The van der Waals surface area contributed by atoms with Gasteiger partial charge in [0, 0.05) is 20.6 Å². The van der Waals surface area contributed by atoms with Crippen LogP contribution in [-0.4, -0.2) is 23.4 Å². The molecule has 1 saturated carbocycles. The second-order valence-electron chi connectivity index (χ2n) is 5.12. The monoisotopic (exact) mass is 421 g/mol.